The quantitative estimate of drug-likeness (QED) is 0.122. The summed E-state index contributed by atoms with van der Waals surface area (Å²) in [6, 6.07) is 25.9. The van der Waals surface area contributed by atoms with Crippen LogP contribution >= 0.6 is 0 Å². The molecule has 0 saturated heterocycles. The summed E-state index contributed by atoms with van der Waals surface area (Å²) in [7, 11) is 0. The Morgan fingerprint density at radius 1 is 0.775 bits per heavy atom. The zero-order chi connectivity index (χ0) is 28.4. The van der Waals surface area contributed by atoms with Crippen LogP contribution in [-0.2, 0) is 29.1 Å². The van der Waals surface area contributed by atoms with E-state index in [-0.39, 0.29) is 5.91 Å². The number of nitrogens with zero attached hydrogens (tertiary/aromatic N) is 1. The number of aryl methyl sites for hydroxylation is 1. The average Bonchev–Trinajstić information content (AvgIpc) is 2.98. The Kier molecular flexibility index (Phi) is 13.3. The maximum Gasteiger partial charge on any atom is 0.328 e. The van der Waals surface area contributed by atoms with E-state index in [1.807, 2.05) is 71.6 Å². The zero-order valence-corrected chi connectivity index (χ0v) is 23.6. The first-order valence-corrected chi connectivity index (χ1v) is 14.4. The van der Waals surface area contributed by atoms with Crippen molar-refractivity contribution in [2.45, 2.75) is 77.8 Å². The Hall–Kier alpha value is -4.10. The van der Waals surface area contributed by atoms with Gasteiger partial charge in [-0.15, -0.1) is 0 Å². The number of rotatable bonds is 15. The highest BCUT2D eigenvalue weighted by Crippen LogP contribution is 2.16. The maximum atomic E-state index is 13.3. The van der Waals surface area contributed by atoms with Crippen molar-refractivity contribution in [2.75, 3.05) is 0 Å². The third kappa shape index (κ3) is 11.7. The molecule has 208 valence electrons. The van der Waals surface area contributed by atoms with E-state index in [0.717, 1.165) is 46.7 Å². The number of hydrogen-bond acceptors (Lipinski definition) is 2. The number of benzene rings is 3. The van der Waals surface area contributed by atoms with Gasteiger partial charge < -0.3 is 10.0 Å². The lowest BCUT2D eigenvalue weighted by Gasteiger charge is -2.23. The Morgan fingerprint density at radius 3 is 2.05 bits per heavy atom. The van der Waals surface area contributed by atoms with Crippen molar-refractivity contribution in [3.8, 4) is 11.8 Å². The van der Waals surface area contributed by atoms with E-state index in [0.29, 0.717) is 25.9 Å². The fraction of sp³-hybridized carbons (Fsp3) is 0.333. The van der Waals surface area contributed by atoms with Gasteiger partial charge in [0.25, 0.3) is 0 Å². The minimum Gasteiger partial charge on any atom is -0.478 e. The minimum absolute atomic E-state index is 0.0986. The summed E-state index contributed by atoms with van der Waals surface area (Å²) in [4.78, 5) is 26.0. The summed E-state index contributed by atoms with van der Waals surface area (Å²) < 4.78 is 0. The van der Waals surface area contributed by atoms with E-state index in [1.54, 1.807) is 6.08 Å². The van der Waals surface area contributed by atoms with Crippen LogP contribution in [0.5, 0.6) is 0 Å². The van der Waals surface area contributed by atoms with E-state index < -0.39 is 5.97 Å². The summed E-state index contributed by atoms with van der Waals surface area (Å²) in [5, 5.41) is 8.86. The SMILES string of the molecule is CCCCCCCCC#Cc1ccc(CN(Cc2ccc(/C=C/C(=O)O)cc2)C(=O)CCc2ccccc2)cc1. The Bertz CT molecular complexity index is 1270. The molecule has 1 N–H and O–H groups in total. The van der Waals surface area contributed by atoms with Crippen LogP contribution in [0.25, 0.3) is 6.08 Å². The van der Waals surface area contributed by atoms with Crippen molar-refractivity contribution in [3.63, 3.8) is 0 Å². The number of carbonyl (C=O) groups is 2. The summed E-state index contributed by atoms with van der Waals surface area (Å²) in [5.41, 5.74) is 5.02. The van der Waals surface area contributed by atoms with Gasteiger partial charge in [-0.2, -0.15) is 0 Å². The van der Waals surface area contributed by atoms with E-state index in [9.17, 15) is 9.59 Å². The molecule has 0 fully saturated rings. The van der Waals surface area contributed by atoms with Gasteiger partial charge in [-0.25, -0.2) is 4.79 Å². The average molecular weight is 536 g/mol. The summed E-state index contributed by atoms with van der Waals surface area (Å²) in [5.74, 6) is 5.70. The molecular formula is C36H41NO3. The smallest absolute Gasteiger partial charge is 0.328 e. The molecule has 0 saturated carbocycles. The van der Waals surface area contributed by atoms with Gasteiger partial charge in [-0.3, -0.25) is 4.79 Å². The highest BCUT2D eigenvalue weighted by atomic mass is 16.4. The van der Waals surface area contributed by atoms with Gasteiger partial charge in [0.2, 0.25) is 5.91 Å². The molecule has 0 heterocycles. The topological polar surface area (TPSA) is 57.6 Å². The molecule has 0 atom stereocenters. The van der Waals surface area contributed by atoms with E-state index >= 15 is 0 Å². The molecule has 3 aromatic carbocycles. The maximum absolute atomic E-state index is 13.3. The van der Waals surface area contributed by atoms with Crippen molar-refractivity contribution >= 4 is 18.0 Å². The number of carboxylic acid groups (broad SMARTS) is 1. The van der Waals surface area contributed by atoms with Crippen LogP contribution in [0.2, 0.25) is 0 Å². The lowest BCUT2D eigenvalue weighted by Crippen LogP contribution is -2.30. The molecule has 3 rings (SSSR count). The predicted octanol–water partition coefficient (Wildman–Crippen LogP) is 8.05. The molecule has 0 aliphatic heterocycles. The lowest BCUT2D eigenvalue weighted by atomic mass is 10.1. The summed E-state index contributed by atoms with van der Waals surface area (Å²) in [6.45, 7) is 3.23. The zero-order valence-electron chi connectivity index (χ0n) is 23.6. The molecule has 0 unspecified atom stereocenters. The van der Waals surface area contributed by atoms with Crippen molar-refractivity contribution in [1.82, 2.24) is 4.90 Å². The van der Waals surface area contributed by atoms with Crippen LogP contribution in [0.1, 0.15) is 86.1 Å². The monoisotopic (exact) mass is 535 g/mol. The van der Waals surface area contributed by atoms with Crippen LogP contribution in [0, 0.1) is 11.8 Å². The highest BCUT2D eigenvalue weighted by molar-refractivity contribution is 5.85. The number of unbranched alkanes of at least 4 members (excludes halogenated alkanes) is 6. The first kappa shape index (κ1) is 30.4. The number of hydrogen-bond donors (Lipinski definition) is 1. The van der Waals surface area contributed by atoms with Crippen molar-refractivity contribution in [1.29, 1.82) is 0 Å². The molecular weight excluding hydrogens is 494 g/mol. The molecule has 3 aromatic rings. The van der Waals surface area contributed by atoms with Crippen LogP contribution in [0.4, 0.5) is 0 Å². The summed E-state index contributed by atoms with van der Waals surface area (Å²) in [6.07, 6.45) is 12.4. The van der Waals surface area contributed by atoms with E-state index in [4.69, 9.17) is 5.11 Å². The molecule has 4 nitrogen and oxygen atoms in total. The van der Waals surface area contributed by atoms with Gasteiger partial charge in [0.15, 0.2) is 0 Å². The van der Waals surface area contributed by atoms with Crippen LogP contribution in [0.15, 0.2) is 84.9 Å². The van der Waals surface area contributed by atoms with Gasteiger partial charge >= 0.3 is 5.97 Å². The van der Waals surface area contributed by atoms with E-state index in [2.05, 4.69) is 30.9 Å². The summed E-state index contributed by atoms with van der Waals surface area (Å²) >= 11 is 0. The van der Waals surface area contributed by atoms with Crippen LogP contribution < -0.4 is 0 Å². The molecule has 0 aliphatic rings. The Labute approximate surface area is 239 Å². The number of carbonyl (C=O) groups excluding carboxylic acids is 1. The second kappa shape index (κ2) is 17.5. The molecule has 4 heteroatoms. The normalized spacial score (nSPS) is 10.7. The third-order valence-electron chi connectivity index (χ3n) is 6.81. The van der Waals surface area contributed by atoms with Crippen LogP contribution in [0.3, 0.4) is 0 Å². The second-order valence-electron chi connectivity index (χ2n) is 10.2. The standard InChI is InChI=1S/C36H41NO3/c1-2-3-4-5-6-7-8-10-15-31-16-20-33(21-17-31)28-37(35(38)26-24-30-13-11-9-12-14-30)29-34-22-18-32(19-23-34)25-27-36(39)40/h9,11-14,16-23,25,27H,2-8,24,26,28-29H2,1H3,(H,39,40)/b27-25+. The Balaban J connectivity index is 1.62. The van der Waals surface area contributed by atoms with Crippen molar-refractivity contribution in [3.05, 3.63) is 113 Å². The molecule has 0 aliphatic carbocycles. The van der Waals surface area contributed by atoms with Crippen molar-refractivity contribution < 1.29 is 14.7 Å². The molecule has 1 amide bonds. The van der Waals surface area contributed by atoms with Gasteiger partial charge in [0.05, 0.1) is 0 Å². The minimum atomic E-state index is -0.978. The van der Waals surface area contributed by atoms with E-state index in [1.165, 1.54) is 32.1 Å². The van der Waals surface area contributed by atoms with Gasteiger partial charge in [-0.05, 0) is 53.3 Å². The third-order valence-corrected chi connectivity index (χ3v) is 6.81. The molecule has 40 heavy (non-hydrogen) atoms. The highest BCUT2D eigenvalue weighted by Gasteiger charge is 2.15. The number of amides is 1. The fourth-order valence-electron chi connectivity index (χ4n) is 4.48. The van der Waals surface area contributed by atoms with Gasteiger partial charge in [0.1, 0.15) is 0 Å². The first-order chi connectivity index (χ1) is 19.5. The lowest BCUT2D eigenvalue weighted by molar-refractivity contribution is -0.132. The largest absolute Gasteiger partial charge is 0.478 e. The molecule has 0 radical (unpaired) electrons. The molecule has 0 spiro atoms. The number of aliphatic carboxylic acids is 1. The first-order valence-electron chi connectivity index (χ1n) is 14.4. The second-order valence-corrected chi connectivity index (χ2v) is 10.2. The van der Waals surface area contributed by atoms with Gasteiger partial charge in [-0.1, -0.05) is 118 Å². The van der Waals surface area contributed by atoms with Gasteiger partial charge in [0, 0.05) is 37.6 Å². The number of carboxylic acids is 1. The molecule has 0 aromatic heterocycles. The fourth-order valence-corrected chi connectivity index (χ4v) is 4.48. The molecule has 0 bridgehead atoms. The Morgan fingerprint density at radius 2 is 1.40 bits per heavy atom. The van der Waals surface area contributed by atoms with Crippen LogP contribution in [-0.4, -0.2) is 21.9 Å². The predicted molar refractivity (Wildman–Crippen MR) is 163 cm³/mol. The van der Waals surface area contributed by atoms with Crippen molar-refractivity contribution in [2.24, 2.45) is 0 Å².